The molecule has 0 saturated carbocycles. The molecule has 0 aromatic heterocycles. The molecule has 0 bridgehead atoms. The third-order valence-electron chi connectivity index (χ3n) is 6.68. The Hall–Kier alpha value is -3.99. The van der Waals surface area contributed by atoms with E-state index in [1.54, 1.807) is 12.1 Å². The Morgan fingerprint density at radius 3 is 2.53 bits per heavy atom. The molecule has 4 aromatic carbocycles. The van der Waals surface area contributed by atoms with Gasteiger partial charge in [-0.1, -0.05) is 66.7 Å². The van der Waals surface area contributed by atoms with Crippen LogP contribution in [0.3, 0.4) is 0 Å². The van der Waals surface area contributed by atoms with Crippen LogP contribution in [0.1, 0.15) is 47.2 Å². The molecule has 1 aliphatic carbocycles. The number of carbonyl (C=O) groups excluding carboxylic acids is 1. The molecule has 1 aliphatic rings. The quantitative estimate of drug-likeness (QED) is 0.355. The Morgan fingerprint density at radius 2 is 1.78 bits per heavy atom. The van der Waals surface area contributed by atoms with E-state index in [-0.39, 0.29) is 18.4 Å². The number of hydrogen-bond donors (Lipinski definition) is 1. The highest BCUT2D eigenvalue weighted by Crippen LogP contribution is 2.35. The number of nitrogens with one attached hydrogen (secondary N) is 1. The first kappa shape index (κ1) is 23.7. The Kier molecular flexibility index (Phi) is 6.81. The average molecular weight is 495 g/mol. The number of fused-ring (bicyclic) bond motifs is 2. The van der Waals surface area contributed by atoms with Crippen molar-refractivity contribution < 1.29 is 13.6 Å². The van der Waals surface area contributed by atoms with Gasteiger partial charge in [-0.3, -0.25) is 13.3 Å². The first-order chi connectivity index (χ1) is 17.5. The summed E-state index contributed by atoms with van der Waals surface area (Å²) in [5.41, 5.74) is 3.91. The lowest BCUT2D eigenvalue weighted by molar-refractivity contribution is -0.122. The van der Waals surface area contributed by atoms with Gasteiger partial charge in [-0.15, -0.1) is 0 Å². The maximum absolute atomic E-state index is 13.3. The van der Waals surface area contributed by atoms with Crippen molar-refractivity contribution >= 4 is 33.6 Å². The molecular weight excluding hydrogens is 470 g/mol. The number of hydrogen-bond acceptors (Lipinski definition) is 4. The summed E-state index contributed by atoms with van der Waals surface area (Å²) >= 11 is -2.62. The van der Waals surface area contributed by atoms with E-state index in [2.05, 4.69) is 11.4 Å². The van der Waals surface area contributed by atoms with Gasteiger partial charge in [-0.05, 0) is 64.6 Å². The van der Waals surface area contributed by atoms with Crippen molar-refractivity contribution in [3.05, 3.63) is 113 Å². The van der Waals surface area contributed by atoms with Gasteiger partial charge in [-0.2, -0.15) is 5.26 Å². The first-order valence-corrected chi connectivity index (χ1v) is 12.8. The minimum absolute atomic E-state index is 0.0348. The van der Waals surface area contributed by atoms with Gasteiger partial charge in [-0.25, -0.2) is 0 Å². The van der Waals surface area contributed by atoms with Crippen molar-refractivity contribution in [1.29, 1.82) is 5.26 Å². The molecule has 0 radical (unpaired) electrons. The molecule has 0 saturated heterocycles. The summed E-state index contributed by atoms with van der Waals surface area (Å²) in [6, 6.07) is 29.3. The standard InChI is InChI=1S/C29H25N3O3S/c30-19-20-10-14-26-24(16-20)12-15-27(26)31-29(33)18-28(22-7-2-1-3-8-22)32(36(34)35)25-13-11-21-6-4-5-9-23(21)17-25/h1-11,13-14,16-17,27-28H,12,15,18H2,(H,31,33)(H,34,35)/p-1. The van der Waals surface area contributed by atoms with Crippen LogP contribution in [0.25, 0.3) is 10.8 Å². The molecule has 180 valence electrons. The van der Waals surface area contributed by atoms with Crippen molar-refractivity contribution in [2.24, 2.45) is 0 Å². The third-order valence-corrected chi connectivity index (χ3v) is 7.47. The van der Waals surface area contributed by atoms with Crippen LogP contribution in [-0.4, -0.2) is 14.7 Å². The number of aryl methyl sites for hydroxylation is 1. The molecule has 0 heterocycles. The SMILES string of the molecule is N#Cc1ccc2c(c1)CCC2NC(=O)CC(c1ccccc1)N(c1ccc2ccccc2c1)S(=O)[O-]. The van der Waals surface area contributed by atoms with Crippen molar-refractivity contribution in [2.75, 3.05) is 4.31 Å². The topological polar surface area (TPSA) is 96.3 Å². The predicted octanol–water partition coefficient (Wildman–Crippen LogP) is 5.25. The molecule has 0 aliphatic heterocycles. The summed E-state index contributed by atoms with van der Waals surface area (Å²) in [5, 5.41) is 14.2. The van der Waals surface area contributed by atoms with Gasteiger partial charge < -0.3 is 9.87 Å². The van der Waals surface area contributed by atoms with E-state index in [9.17, 15) is 13.6 Å². The van der Waals surface area contributed by atoms with Gasteiger partial charge in [0, 0.05) is 17.0 Å². The van der Waals surface area contributed by atoms with Crippen LogP contribution in [0.2, 0.25) is 0 Å². The lowest BCUT2D eigenvalue weighted by Gasteiger charge is -2.35. The van der Waals surface area contributed by atoms with Crippen LogP contribution < -0.4 is 9.62 Å². The Morgan fingerprint density at radius 1 is 1.03 bits per heavy atom. The molecule has 1 amide bonds. The van der Waals surface area contributed by atoms with Gasteiger partial charge in [0.25, 0.3) is 0 Å². The Labute approximate surface area is 212 Å². The highest BCUT2D eigenvalue weighted by Gasteiger charge is 2.29. The normalized spacial score (nSPS) is 16.1. The van der Waals surface area contributed by atoms with Crippen LogP contribution in [0.5, 0.6) is 0 Å². The summed E-state index contributed by atoms with van der Waals surface area (Å²) in [4.78, 5) is 13.3. The van der Waals surface area contributed by atoms with E-state index < -0.39 is 17.3 Å². The van der Waals surface area contributed by atoms with Gasteiger partial charge in [0.2, 0.25) is 5.91 Å². The van der Waals surface area contributed by atoms with Crippen LogP contribution in [0.15, 0.2) is 91.0 Å². The molecule has 6 nitrogen and oxygen atoms in total. The van der Waals surface area contributed by atoms with E-state index in [1.165, 1.54) is 4.31 Å². The fraction of sp³-hybridized carbons (Fsp3) is 0.172. The van der Waals surface area contributed by atoms with E-state index in [0.717, 1.165) is 40.3 Å². The van der Waals surface area contributed by atoms with Crippen molar-refractivity contribution in [2.45, 2.75) is 31.3 Å². The fourth-order valence-corrected chi connectivity index (χ4v) is 5.65. The van der Waals surface area contributed by atoms with E-state index >= 15 is 0 Å². The lowest BCUT2D eigenvalue weighted by atomic mass is 10.0. The number of benzene rings is 4. The van der Waals surface area contributed by atoms with Gasteiger partial charge in [0.1, 0.15) is 0 Å². The molecule has 0 fully saturated rings. The summed E-state index contributed by atoms with van der Waals surface area (Å²) in [6.07, 6.45) is 1.49. The molecule has 5 rings (SSSR count). The number of nitriles is 1. The van der Waals surface area contributed by atoms with Crippen LogP contribution in [0.4, 0.5) is 5.69 Å². The minimum atomic E-state index is -2.62. The van der Waals surface area contributed by atoms with Gasteiger partial charge in [0.15, 0.2) is 0 Å². The van der Waals surface area contributed by atoms with Crippen molar-refractivity contribution in [3.63, 3.8) is 0 Å². The highest BCUT2D eigenvalue weighted by atomic mass is 32.2. The largest absolute Gasteiger partial charge is 0.755 e. The van der Waals surface area contributed by atoms with E-state index in [1.807, 2.05) is 78.9 Å². The van der Waals surface area contributed by atoms with Gasteiger partial charge in [0.05, 0.1) is 30.1 Å². The minimum Gasteiger partial charge on any atom is -0.755 e. The smallest absolute Gasteiger partial charge is 0.222 e. The van der Waals surface area contributed by atoms with Crippen LogP contribution in [-0.2, 0) is 22.5 Å². The maximum Gasteiger partial charge on any atom is 0.222 e. The van der Waals surface area contributed by atoms with E-state index in [0.29, 0.717) is 11.3 Å². The summed E-state index contributed by atoms with van der Waals surface area (Å²) in [7, 11) is 0. The average Bonchev–Trinajstić information content (AvgIpc) is 3.30. The van der Waals surface area contributed by atoms with Crippen LogP contribution >= 0.6 is 0 Å². The zero-order chi connectivity index (χ0) is 25.1. The zero-order valence-electron chi connectivity index (χ0n) is 19.5. The van der Waals surface area contributed by atoms with Crippen molar-refractivity contribution in [3.8, 4) is 6.07 Å². The predicted molar refractivity (Wildman–Crippen MR) is 140 cm³/mol. The number of amides is 1. The maximum atomic E-state index is 13.3. The second-order valence-corrected chi connectivity index (χ2v) is 9.72. The fourth-order valence-electron chi connectivity index (χ4n) is 4.96. The second-order valence-electron chi connectivity index (χ2n) is 8.89. The second kappa shape index (κ2) is 10.3. The molecule has 1 N–H and O–H groups in total. The molecule has 7 heteroatoms. The number of nitrogens with zero attached hydrogens (tertiary/aromatic N) is 2. The number of anilines is 1. The molecule has 3 unspecified atom stereocenters. The molecular formula is C29H24N3O3S-. The lowest BCUT2D eigenvalue weighted by Crippen LogP contribution is -2.36. The molecule has 4 aromatic rings. The van der Waals surface area contributed by atoms with Crippen LogP contribution in [0, 0.1) is 11.3 Å². The molecule has 0 spiro atoms. The molecule has 36 heavy (non-hydrogen) atoms. The Balaban J connectivity index is 1.44. The monoisotopic (exact) mass is 494 g/mol. The van der Waals surface area contributed by atoms with Gasteiger partial charge >= 0.3 is 0 Å². The third kappa shape index (κ3) is 4.87. The number of carbonyl (C=O) groups is 1. The number of rotatable bonds is 7. The van der Waals surface area contributed by atoms with E-state index in [4.69, 9.17) is 5.26 Å². The summed E-state index contributed by atoms with van der Waals surface area (Å²) in [6.45, 7) is 0. The zero-order valence-corrected chi connectivity index (χ0v) is 20.3. The highest BCUT2D eigenvalue weighted by molar-refractivity contribution is 7.80. The summed E-state index contributed by atoms with van der Waals surface area (Å²) < 4.78 is 26.4. The first-order valence-electron chi connectivity index (χ1n) is 11.8. The molecule has 3 atom stereocenters. The summed E-state index contributed by atoms with van der Waals surface area (Å²) in [5.74, 6) is -0.234. The Bertz CT molecular complexity index is 1480. The van der Waals surface area contributed by atoms with Crippen molar-refractivity contribution in [1.82, 2.24) is 5.32 Å².